The number of rotatable bonds is 1. The van der Waals surface area contributed by atoms with Gasteiger partial charge in [0.05, 0.1) is 5.56 Å². The Kier molecular flexibility index (Phi) is 2.28. The van der Waals surface area contributed by atoms with Gasteiger partial charge >= 0.3 is 0 Å². The van der Waals surface area contributed by atoms with Crippen LogP contribution in [-0.2, 0) is 0 Å². The smallest absolute Gasteiger partial charge is 0.105 e. The van der Waals surface area contributed by atoms with E-state index in [-0.39, 0.29) is 0 Å². The molecular formula is C10H8N2S2. The average Bonchev–Trinajstić information content (AvgIpc) is 2.72. The lowest BCUT2D eigenvalue weighted by Gasteiger charge is -1.95. The summed E-state index contributed by atoms with van der Waals surface area (Å²) in [4.78, 5) is 2.23. The van der Waals surface area contributed by atoms with Gasteiger partial charge in [-0.2, -0.15) is 5.26 Å². The first-order valence-electron chi connectivity index (χ1n) is 4.07. The van der Waals surface area contributed by atoms with E-state index in [1.165, 1.54) is 11.3 Å². The topological polar surface area (TPSA) is 49.8 Å². The molecule has 0 fully saturated rings. The van der Waals surface area contributed by atoms with Gasteiger partial charge in [-0.1, -0.05) is 6.07 Å². The van der Waals surface area contributed by atoms with E-state index in [4.69, 9.17) is 11.0 Å². The molecule has 0 aliphatic carbocycles. The maximum Gasteiger partial charge on any atom is 0.105 e. The van der Waals surface area contributed by atoms with Crippen molar-refractivity contribution in [2.24, 2.45) is 0 Å². The molecule has 0 spiro atoms. The van der Waals surface area contributed by atoms with Crippen LogP contribution in [0.3, 0.4) is 0 Å². The van der Waals surface area contributed by atoms with Gasteiger partial charge in [-0.3, -0.25) is 0 Å². The first kappa shape index (κ1) is 9.25. The van der Waals surface area contributed by atoms with Crippen LogP contribution < -0.4 is 5.73 Å². The fraction of sp³-hybridized carbons (Fsp3) is 0.100. The van der Waals surface area contributed by atoms with Crippen molar-refractivity contribution in [1.29, 1.82) is 5.26 Å². The normalized spacial score (nSPS) is 10.0. The Bertz CT molecular complexity index is 489. The van der Waals surface area contributed by atoms with Crippen LogP contribution in [-0.4, -0.2) is 0 Å². The summed E-state index contributed by atoms with van der Waals surface area (Å²) in [5.74, 6) is 0. The van der Waals surface area contributed by atoms with E-state index in [9.17, 15) is 0 Å². The van der Waals surface area contributed by atoms with Gasteiger partial charge in [0.1, 0.15) is 11.1 Å². The lowest BCUT2D eigenvalue weighted by molar-refractivity contribution is 1.50. The van der Waals surface area contributed by atoms with Crippen LogP contribution in [0.25, 0.3) is 10.4 Å². The third-order valence-electron chi connectivity index (χ3n) is 1.99. The van der Waals surface area contributed by atoms with E-state index >= 15 is 0 Å². The fourth-order valence-corrected chi connectivity index (χ4v) is 3.19. The molecule has 0 aliphatic rings. The Labute approximate surface area is 90.2 Å². The standard InChI is InChI=1S/C10H8N2S2/c1-6-9(8-3-2-4-13-8)7(5-11)10(12)14-6/h2-4H,12H2,1H3. The predicted molar refractivity (Wildman–Crippen MR) is 61.5 cm³/mol. The zero-order valence-electron chi connectivity index (χ0n) is 7.57. The van der Waals surface area contributed by atoms with Gasteiger partial charge < -0.3 is 5.73 Å². The first-order chi connectivity index (χ1) is 6.74. The number of nitrogens with zero attached hydrogens (tertiary/aromatic N) is 1. The molecule has 70 valence electrons. The highest BCUT2D eigenvalue weighted by atomic mass is 32.1. The van der Waals surface area contributed by atoms with Gasteiger partial charge in [-0.25, -0.2) is 0 Å². The molecule has 2 nitrogen and oxygen atoms in total. The molecule has 2 N–H and O–H groups in total. The van der Waals surface area contributed by atoms with Crippen LogP contribution in [0.5, 0.6) is 0 Å². The van der Waals surface area contributed by atoms with Crippen LogP contribution in [0.1, 0.15) is 10.4 Å². The Balaban J connectivity index is 2.70. The van der Waals surface area contributed by atoms with Gasteiger partial charge in [0, 0.05) is 15.3 Å². The Morgan fingerprint density at radius 3 is 2.86 bits per heavy atom. The molecule has 0 aromatic carbocycles. The molecule has 2 aromatic rings. The SMILES string of the molecule is Cc1sc(N)c(C#N)c1-c1cccs1. The van der Waals surface area contributed by atoms with Crippen LogP contribution >= 0.6 is 22.7 Å². The summed E-state index contributed by atoms with van der Waals surface area (Å²) in [6.45, 7) is 2.00. The molecule has 0 saturated carbocycles. The minimum Gasteiger partial charge on any atom is -0.389 e. The molecule has 0 amide bonds. The molecule has 0 unspecified atom stereocenters. The van der Waals surface area contributed by atoms with Gasteiger partial charge in [0.15, 0.2) is 0 Å². The van der Waals surface area contributed by atoms with E-state index in [0.29, 0.717) is 10.6 Å². The van der Waals surface area contributed by atoms with Crippen molar-refractivity contribution >= 4 is 27.7 Å². The van der Waals surface area contributed by atoms with Crippen LogP contribution in [0.4, 0.5) is 5.00 Å². The number of aryl methyl sites for hydroxylation is 1. The highest BCUT2D eigenvalue weighted by Gasteiger charge is 2.15. The summed E-state index contributed by atoms with van der Waals surface area (Å²) >= 11 is 3.11. The molecule has 0 saturated heterocycles. The van der Waals surface area contributed by atoms with E-state index in [0.717, 1.165) is 15.3 Å². The lowest BCUT2D eigenvalue weighted by Crippen LogP contribution is -1.84. The summed E-state index contributed by atoms with van der Waals surface area (Å²) in [5.41, 5.74) is 7.38. The number of hydrogen-bond donors (Lipinski definition) is 1. The molecule has 4 heteroatoms. The van der Waals surface area contributed by atoms with E-state index in [1.807, 2.05) is 24.4 Å². The quantitative estimate of drug-likeness (QED) is 0.802. The number of nitrogen functional groups attached to an aromatic ring is 1. The van der Waals surface area contributed by atoms with Crippen molar-refractivity contribution in [1.82, 2.24) is 0 Å². The monoisotopic (exact) mass is 220 g/mol. The minimum absolute atomic E-state index is 0.619. The van der Waals surface area contributed by atoms with Crippen molar-refractivity contribution in [2.45, 2.75) is 6.92 Å². The maximum absolute atomic E-state index is 8.99. The third kappa shape index (κ3) is 1.31. The van der Waals surface area contributed by atoms with Gasteiger partial charge in [-0.05, 0) is 18.4 Å². The third-order valence-corrected chi connectivity index (χ3v) is 3.81. The largest absolute Gasteiger partial charge is 0.389 e. The van der Waals surface area contributed by atoms with Crippen molar-refractivity contribution in [2.75, 3.05) is 5.73 Å². The average molecular weight is 220 g/mol. The molecule has 14 heavy (non-hydrogen) atoms. The molecule has 2 rings (SSSR count). The van der Waals surface area contributed by atoms with Crippen molar-refractivity contribution in [3.8, 4) is 16.5 Å². The van der Waals surface area contributed by atoms with Gasteiger partial charge in [-0.15, -0.1) is 22.7 Å². The van der Waals surface area contributed by atoms with Gasteiger partial charge in [0.2, 0.25) is 0 Å². The molecule has 0 radical (unpaired) electrons. The van der Waals surface area contributed by atoms with Crippen molar-refractivity contribution in [3.63, 3.8) is 0 Å². The van der Waals surface area contributed by atoms with Crippen molar-refractivity contribution < 1.29 is 0 Å². The summed E-state index contributed by atoms with van der Waals surface area (Å²) in [6, 6.07) is 6.16. The number of anilines is 1. The predicted octanol–water partition coefficient (Wildman–Crippen LogP) is 3.24. The highest BCUT2D eigenvalue weighted by molar-refractivity contribution is 7.18. The summed E-state index contributed by atoms with van der Waals surface area (Å²) in [7, 11) is 0. The van der Waals surface area contributed by atoms with Gasteiger partial charge in [0.25, 0.3) is 0 Å². The second kappa shape index (κ2) is 3.45. The number of thiophene rings is 2. The maximum atomic E-state index is 8.99. The van der Waals surface area contributed by atoms with Crippen LogP contribution in [0.2, 0.25) is 0 Å². The fourth-order valence-electron chi connectivity index (χ4n) is 1.39. The molecule has 0 atom stereocenters. The minimum atomic E-state index is 0.619. The molecule has 2 aromatic heterocycles. The summed E-state index contributed by atoms with van der Waals surface area (Å²) in [6.07, 6.45) is 0. The van der Waals surface area contributed by atoms with E-state index in [1.54, 1.807) is 11.3 Å². The summed E-state index contributed by atoms with van der Waals surface area (Å²) in [5, 5.41) is 11.6. The second-order valence-electron chi connectivity index (χ2n) is 2.86. The Hall–Kier alpha value is -1.31. The van der Waals surface area contributed by atoms with E-state index in [2.05, 4.69) is 6.07 Å². The van der Waals surface area contributed by atoms with Crippen LogP contribution in [0.15, 0.2) is 17.5 Å². The Morgan fingerprint density at radius 2 is 2.29 bits per heavy atom. The second-order valence-corrected chi connectivity index (χ2v) is 5.07. The lowest BCUT2D eigenvalue weighted by atomic mass is 10.1. The van der Waals surface area contributed by atoms with Crippen LogP contribution in [0, 0.1) is 18.3 Å². The highest BCUT2D eigenvalue weighted by Crippen LogP contribution is 2.39. The van der Waals surface area contributed by atoms with E-state index < -0.39 is 0 Å². The molecular weight excluding hydrogens is 212 g/mol. The zero-order chi connectivity index (χ0) is 10.1. The number of nitrogens with two attached hydrogens (primary N) is 1. The molecule has 2 heterocycles. The van der Waals surface area contributed by atoms with Crippen molar-refractivity contribution in [3.05, 3.63) is 28.0 Å². The molecule has 0 bridgehead atoms. The Morgan fingerprint density at radius 1 is 1.50 bits per heavy atom. The summed E-state index contributed by atoms with van der Waals surface area (Å²) < 4.78 is 0. The first-order valence-corrected chi connectivity index (χ1v) is 5.76. The molecule has 0 aliphatic heterocycles. The number of nitriles is 1. The zero-order valence-corrected chi connectivity index (χ0v) is 9.21. The number of hydrogen-bond acceptors (Lipinski definition) is 4.